The summed E-state index contributed by atoms with van der Waals surface area (Å²) >= 11 is 6.29. The molecule has 0 saturated carbocycles. The molecule has 1 atom stereocenters. The zero-order valence-electron chi connectivity index (χ0n) is 10.1. The lowest BCUT2D eigenvalue weighted by atomic mass is 9.85. The Hall–Kier alpha value is 0.290. The van der Waals surface area contributed by atoms with Gasteiger partial charge in [-0.2, -0.15) is 0 Å². The van der Waals surface area contributed by atoms with Gasteiger partial charge in [-0.1, -0.05) is 48.0 Å². The van der Waals surface area contributed by atoms with Crippen molar-refractivity contribution < 1.29 is 0 Å². The minimum Gasteiger partial charge on any atom is -0.122 e. The molecule has 0 fully saturated rings. The summed E-state index contributed by atoms with van der Waals surface area (Å²) in [4.78, 5) is 0. The second-order valence-corrected chi connectivity index (χ2v) is 6.81. The van der Waals surface area contributed by atoms with Crippen molar-refractivity contribution in [2.45, 2.75) is 66.2 Å². The van der Waals surface area contributed by atoms with Gasteiger partial charge in [-0.15, -0.1) is 11.6 Å². The van der Waals surface area contributed by atoms with Gasteiger partial charge in [-0.3, -0.25) is 0 Å². The first-order chi connectivity index (χ1) is 5.63. The Morgan fingerprint density at radius 2 is 1.46 bits per heavy atom. The lowest BCUT2D eigenvalue weighted by molar-refractivity contribution is 0.323. The molecule has 0 heterocycles. The number of hydrogen-bond donors (Lipinski definition) is 0. The molecule has 0 aliphatic carbocycles. The standard InChI is InChI=1S/C12H25Cl/c1-11(2,3)9-7-8-10(13)12(4,5)6/h10H,7-9H2,1-6H3. The topological polar surface area (TPSA) is 0 Å². The van der Waals surface area contributed by atoms with Crippen molar-refractivity contribution in [2.24, 2.45) is 10.8 Å². The van der Waals surface area contributed by atoms with Crippen LogP contribution < -0.4 is 0 Å². The Balaban J connectivity index is 3.67. The van der Waals surface area contributed by atoms with Crippen molar-refractivity contribution in [1.29, 1.82) is 0 Å². The highest BCUT2D eigenvalue weighted by molar-refractivity contribution is 6.21. The van der Waals surface area contributed by atoms with Crippen molar-refractivity contribution in [3.05, 3.63) is 0 Å². The Kier molecular flexibility index (Phi) is 4.79. The fourth-order valence-corrected chi connectivity index (χ4v) is 1.40. The van der Waals surface area contributed by atoms with Crippen molar-refractivity contribution in [1.82, 2.24) is 0 Å². The minimum absolute atomic E-state index is 0.249. The fraction of sp³-hybridized carbons (Fsp3) is 1.00. The summed E-state index contributed by atoms with van der Waals surface area (Å²) in [5, 5.41) is 0.315. The van der Waals surface area contributed by atoms with E-state index in [1.807, 2.05) is 0 Å². The summed E-state index contributed by atoms with van der Waals surface area (Å²) in [7, 11) is 0. The molecule has 13 heavy (non-hydrogen) atoms. The Bertz CT molecular complexity index is 136. The highest BCUT2D eigenvalue weighted by atomic mass is 35.5. The summed E-state index contributed by atoms with van der Waals surface area (Å²) in [5.41, 5.74) is 0.702. The van der Waals surface area contributed by atoms with E-state index in [0.717, 1.165) is 6.42 Å². The van der Waals surface area contributed by atoms with E-state index in [2.05, 4.69) is 41.5 Å². The fourth-order valence-electron chi connectivity index (χ4n) is 1.24. The Morgan fingerprint density at radius 3 is 1.77 bits per heavy atom. The second kappa shape index (κ2) is 4.68. The van der Waals surface area contributed by atoms with E-state index in [1.165, 1.54) is 12.8 Å². The van der Waals surface area contributed by atoms with Gasteiger partial charge >= 0.3 is 0 Å². The van der Waals surface area contributed by atoms with Crippen LogP contribution in [0.1, 0.15) is 60.8 Å². The second-order valence-electron chi connectivity index (χ2n) is 6.29. The largest absolute Gasteiger partial charge is 0.122 e. The molecule has 80 valence electrons. The third-order valence-electron chi connectivity index (χ3n) is 2.32. The lowest BCUT2D eigenvalue weighted by Crippen LogP contribution is -2.21. The van der Waals surface area contributed by atoms with Crippen molar-refractivity contribution >= 4 is 11.6 Å². The van der Waals surface area contributed by atoms with Gasteiger partial charge < -0.3 is 0 Å². The van der Waals surface area contributed by atoms with Crippen LogP contribution in [0, 0.1) is 10.8 Å². The van der Waals surface area contributed by atoms with Crippen LogP contribution in [0.4, 0.5) is 0 Å². The van der Waals surface area contributed by atoms with Crippen molar-refractivity contribution in [2.75, 3.05) is 0 Å². The number of rotatable bonds is 3. The molecule has 0 N–H and O–H groups in total. The van der Waals surface area contributed by atoms with Gasteiger partial charge in [-0.25, -0.2) is 0 Å². The van der Waals surface area contributed by atoms with E-state index in [9.17, 15) is 0 Å². The average molecular weight is 205 g/mol. The summed E-state index contributed by atoms with van der Waals surface area (Å²) in [6.07, 6.45) is 3.66. The number of hydrogen-bond acceptors (Lipinski definition) is 0. The normalized spacial score (nSPS) is 15.9. The first-order valence-electron chi connectivity index (χ1n) is 5.27. The van der Waals surface area contributed by atoms with Crippen LogP contribution in [-0.2, 0) is 0 Å². The third kappa shape index (κ3) is 7.37. The van der Waals surface area contributed by atoms with E-state index in [4.69, 9.17) is 11.6 Å². The van der Waals surface area contributed by atoms with E-state index in [0.29, 0.717) is 10.8 Å². The first-order valence-corrected chi connectivity index (χ1v) is 5.71. The van der Waals surface area contributed by atoms with Gasteiger partial charge in [0.25, 0.3) is 0 Å². The van der Waals surface area contributed by atoms with Crippen LogP contribution in [0.15, 0.2) is 0 Å². The highest BCUT2D eigenvalue weighted by Crippen LogP contribution is 2.30. The Labute approximate surface area is 89.1 Å². The predicted octanol–water partition coefficient (Wildman–Crippen LogP) is 4.86. The summed E-state index contributed by atoms with van der Waals surface area (Å²) in [6, 6.07) is 0. The minimum atomic E-state index is 0.249. The molecular weight excluding hydrogens is 180 g/mol. The lowest BCUT2D eigenvalue weighted by Gasteiger charge is -2.26. The maximum atomic E-state index is 6.29. The van der Waals surface area contributed by atoms with Gasteiger partial charge in [0, 0.05) is 5.38 Å². The molecule has 0 bridgehead atoms. The van der Waals surface area contributed by atoms with Crippen LogP contribution in [0.25, 0.3) is 0 Å². The van der Waals surface area contributed by atoms with Gasteiger partial charge in [0.05, 0.1) is 0 Å². The van der Waals surface area contributed by atoms with E-state index in [1.54, 1.807) is 0 Å². The first kappa shape index (κ1) is 13.3. The van der Waals surface area contributed by atoms with E-state index in [-0.39, 0.29) is 5.41 Å². The molecule has 0 aromatic heterocycles. The Morgan fingerprint density at radius 1 is 1.00 bits per heavy atom. The zero-order chi connectivity index (χ0) is 10.7. The molecule has 0 aromatic carbocycles. The van der Waals surface area contributed by atoms with E-state index < -0.39 is 0 Å². The van der Waals surface area contributed by atoms with Crippen LogP contribution in [0.3, 0.4) is 0 Å². The quantitative estimate of drug-likeness (QED) is 0.577. The monoisotopic (exact) mass is 204 g/mol. The van der Waals surface area contributed by atoms with Crippen molar-refractivity contribution in [3.63, 3.8) is 0 Å². The summed E-state index contributed by atoms with van der Waals surface area (Å²) < 4.78 is 0. The van der Waals surface area contributed by atoms with E-state index >= 15 is 0 Å². The molecule has 0 aliphatic heterocycles. The third-order valence-corrected chi connectivity index (χ3v) is 3.20. The zero-order valence-corrected chi connectivity index (χ0v) is 10.8. The molecule has 0 aliphatic rings. The summed E-state index contributed by atoms with van der Waals surface area (Å²) in [5.74, 6) is 0. The highest BCUT2D eigenvalue weighted by Gasteiger charge is 2.22. The van der Waals surface area contributed by atoms with Gasteiger partial charge in [0.1, 0.15) is 0 Å². The van der Waals surface area contributed by atoms with Gasteiger partial charge in [0.15, 0.2) is 0 Å². The SMILES string of the molecule is CC(C)(C)CCCC(Cl)C(C)(C)C. The smallest absolute Gasteiger partial charge is 0.0384 e. The van der Waals surface area contributed by atoms with Gasteiger partial charge in [0.2, 0.25) is 0 Å². The molecule has 0 saturated heterocycles. The molecule has 0 nitrogen and oxygen atoms in total. The molecular formula is C12H25Cl. The number of alkyl halides is 1. The van der Waals surface area contributed by atoms with Crippen LogP contribution >= 0.6 is 11.6 Å². The van der Waals surface area contributed by atoms with Crippen molar-refractivity contribution in [3.8, 4) is 0 Å². The molecule has 0 rings (SSSR count). The van der Waals surface area contributed by atoms with Gasteiger partial charge in [-0.05, 0) is 23.7 Å². The molecule has 1 heteroatoms. The average Bonchev–Trinajstić information content (AvgIpc) is 1.82. The molecule has 1 unspecified atom stereocenters. The van der Waals surface area contributed by atoms with Crippen LogP contribution in [0.2, 0.25) is 0 Å². The molecule has 0 aromatic rings. The molecule has 0 radical (unpaired) electrons. The maximum absolute atomic E-state index is 6.29. The number of halogens is 1. The van der Waals surface area contributed by atoms with Crippen LogP contribution in [0.5, 0.6) is 0 Å². The maximum Gasteiger partial charge on any atom is 0.0384 e. The molecule has 0 amide bonds. The predicted molar refractivity (Wildman–Crippen MR) is 62.4 cm³/mol. The van der Waals surface area contributed by atoms with Crippen LogP contribution in [-0.4, -0.2) is 5.38 Å². The molecule has 0 spiro atoms. The summed E-state index contributed by atoms with van der Waals surface area (Å²) in [6.45, 7) is 13.5.